The van der Waals surface area contributed by atoms with Crippen molar-refractivity contribution in [3.63, 3.8) is 0 Å². The Morgan fingerprint density at radius 3 is 2.40 bits per heavy atom. The Bertz CT molecular complexity index is 807. The van der Waals surface area contributed by atoms with E-state index in [1.54, 1.807) is 20.3 Å². The molecule has 1 fully saturated rings. The maximum absolute atomic E-state index is 13.2. The van der Waals surface area contributed by atoms with Gasteiger partial charge in [0, 0.05) is 5.69 Å². The predicted octanol–water partition coefficient (Wildman–Crippen LogP) is 2.20. The van der Waals surface area contributed by atoms with E-state index < -0.39 is 0 Å². The second kappa shape index (κ2) is 7.48. The van der Waals surface area contributed by atoms with Crippen molar-refractivity contribution < 1.29 is 14.4 Å². The second-order valence-corrected chi connectivity index (χ2v) is 7.14. The SMILES string of the molecule is COc1ccc(OC)c2c(=O)c(C[NH+](C)C3CCCCC3)c(C)[nH]c12. The fourth-order valence-electron chi connectivity index (χ4n) is 4.07. The number of nitrogens with one attached hydrogen (secondary N) is 2. The number of hydrogen-bond donors (Lipinski definition) is 2. The third-order valence-corrected chi connectivity index (χ3v) is 5.59. The molecular weight excluding hydrogens is 316 g/mol. The number of quaternary nitrogens is 1. The van der Waals surface area contributed by atoms with Gasteiger partial charge < -0.3 is 19.4 Å². The maximum Gasteiger partial charge on any atom is 0.202 e. The van der Waals surface area contributed by atoms with Crippen LogP contribution < -0.4 is 19.8 Å². The van der Waals surface area contributed by atoms with E-state index in [4.69, 9.17) is 9.47 Å². The number of aromatic nitrogens is 1. The molecule has 0 spiro atoms. The van der Waals surface area contributed by atoms with E-state index >= 15 is 0 Å². The Hall–Kier alpha value is -2.01. The zero-order valence-corrected chi connectivity index (χ0v) is 15.7. The second-order valence-electron chi connectivity index (χ2n) is 7.14. The van der Waals surface area contributed by atoms with E-state index in [9.17, 15) is 4.79 Å². The summed E-state index contributed by atoms with van der Waals surface area (Å²) in [5.41, 5.74) is 2.53. The molecule has 5 heteroatoms. The lowest BCUT2D eigenvalue weighted by Crippen LogP contribution is -3.12. The van der Waals surface area contributed by atoms with Crippen LogP contribution in [-0.2, 0) is 6.54 Å². The molecule has 1 atom stereocenters. The Morgan fingerprint density at radius 1 is 1.12 bits per heavy atom. The van der Waals surface area contributed by atoms with Crippen molar-refractivity contribution in [3.05, 3.63) is 33.6 Å². The Kier molecular flexibility index (Phi) is 5.33. The van der Waals surface area contributed by atoms with Gasteiger partial charge in [0.25, 0.3) is 0 Å². The Labute approximate surface area is 148 Å². The van der Waals surface area contributed by atoms with Gasteiger partial charge >= 0.3 is 0 Å². The minimum atomic E-state index is 0.0529. The van der Waals surface area contributed by atoms with Crippen molar-refractivity contribution in [1.29, 1.82) is 0 Å². The predicted molar refractivity (Wildman–Crippen MR) is 99.9 cm³/mol. The Balaban J connectivity index is 2.05. The number of aromatic amines is 1. The number of hydrogen-bond acceptors (Lipinski definition) is 3. The standard InChI is InChI=1S/C20H28N2O3/c1-13-15(12-22(2)14-8-6-5-7-9-14)20(23)18-16(24-3)10-11-17(25-4)19(18)21-13/h10-11,14H,5-9,12H2,1-4H3,(H,21,23)/p+1. The lowest BCUT2D eigenvalue weighted by Gasteiger charge is -2.28. The van der Waals surface area contributed by atoms with Crippen LogP contribution in [0.5, 0.6) is 11.5 Å². The average molecular weight is 345 g/mol. The van der Waals surface area contributed by atoms with Gasteiger partial charge in [0.05, 0.1) is 43.8 Å². The third kappa shape index (κ3) is 3.38. The molecule has 0 bridgehead atoms. The van der Waals surface area contributed by atoms with E-state index in [2.05, 4.69) is 12.0 Å². The third-order valence-electron chi connectivity index (χ3n) is 5.59. The quantitative estimate of drug-likeness (QED) is 0.873. The molecule has 0 amide bonds. The molecule has 136 valence electrons. The highest BCUT2D eigenvalue weighted by Crippen LogP contribution is 2.30. The molecular formula is C20H29N2O3+. The van der Waals surface area contributed by atoms with E-state index in [0.717, 1.165) is 17.8 Å². The van der Waals surface area contributed by atoms with Gasteiger partial charge in [-0.2, -0.15) is 0 Å². The number of benzene rings is 1. The van der Waals surface area contributed by atoms with Gasteiger partial charge in [-0.1, -0.05) is 6.42 Å². The van der Waals surface area contributed by atoms with Crippen molar-refractivity contribution >= 4 is 10.9 Å². The van der Waals surface area contributed by atoms with Crippen molar-refractivity contribution in [3.8, 4) is 11.5 Å². The minimum absolute atomic E-state index is 0.0529. The summed E-state index contributed by atoms with van der Waals surface area (Å²) in [7, 11) is 5.42. The lowest BCUT2D eigenvalue weighted by atomic mass is 9.94. The first-order valence-electron chi connectivity index (χ1n) is 9.15. The van der Waals surface area contributed by atoms with Crippen molar-refractivity contribution in [2.45, 2.75) is 51.6 Å². The number of pyridine rings is 1. The zero-order chi connectivity index (χ0) is 18.0. The van der Waals surface area contributed by atoms with Crippen LogP contribution in [0.15, 0.2) is 16.9 Å². The molecule has 3 rings (SSSR count). The van der Waals surface area contributed by atoms with Crippen LogP contribution in [0.4, 0.5) is 0 Å². The molecule has 25 heavy (non-hydrogen) atoms. The zero-order valence-electron chi connectivity index (χ0n) is 15.7. The van der Waals surface area contributed by atoms with Crippen LogP contribution in [-0.4, -0.2) is 32.3 Å². The summed E-state index contributed by atoms with van der Waals surface area (Å²) in [5.74, 6) is 1.25. The highest BCUT2D eigenvalue weighted by Gasteiger charge is 2.24. The summed E-state index contributed by atoms with van der Waals surface area (Å²) in [6, 6.07) is 4.28. The van der Waals surface area contributed by atoms with Crippen molar-refractivity contribution in [2.24, 2.45) is 0 Å². The summed E-state index contributed by atoms with van der Waals surface area (Å²) in [6.45, 7) is 2.71. The van der Waals surface area contributed by atoms with Crippen LogP contribution >= 0.6 is 0 Å². The van der Waals surface area contributed by atoms with Gasteiger partial charge in [0.15, 0.2) is 0 Å². The first-order chi connectivity index (χ1) is 12.1. The first-order valence-corrected chi connectivity index (χ1v) is 9.15. The summed E-state index contributed by atoms with van der Waals surface area (Å²) in [4.78, 5) is 18.1. The molecule has 0 aliphatic heterocycles. The smallest absolute Gasteiger partial charge is 0.202 e. The summed E-state index contributed by atoms with van der Waals surface area (Å²) in [6.07, 6.45) is 6.47. The van der Waals surface area contributed by atoms with Crippen LogP contribution in [0.25, 0.3) is 10.9 Å². The van der Waals surface area contributed by atoms with Gasteiger partial charge in [-0.25, -0.2) is 0 Å². The van der Waals surface area contributed by atoms with Gasteiger partial charge in [-0.05, 0) is 44.7 Å². The number of methoxy groups -OCH3 is 2. The van der Waals surface area contributed by atoms with Gasteiger partial charge in [-0.3, -0.25) is 4.79 Å². The molecule has 2 aromatic rings. The highest BCUT2D eigenvalue weighted by atomic mass is 16.5. The fraction of sp³-hybridized carbons (Fsp3) is 0.550. The normalized spacial score (nSPS) is 16.8. The Morgan fingerprint density at radius 2 is 1.76 bits per heavy atom. The number of fused-ring (bicyclic) bond motifs is 1. The molecule has 1 unspecified atom stereocenters. The van der Waals surface area contributed by atoms with Gasteiger partial charge in [-0.15, -0.1) is 0 Å². The van der Waals surface area contributed by atoms with Crippen molar-refractivity contribution in [1.82, 2.24) is 4.98 Å². The lowest BCUT2D eigenvalue weighted by molar-refractivity contribution is -0.921. The van der Waals surface area contributed by atoms with E-state index in [0.29, 0.717) is 28.4 Å². The molecule has 1 aromatic heterocycles. The minimum Gasteiger partial charge on any atom is -0.496 e. The van der Waals surface area contributed by atoms with Crippen LogP contribution in [0.3, 0.4) is 0 Å². The molecule has 1 aliphatic carbocycles. The van der Waals surface area contributed by atoms with Gasteiger partial charge in [0.2, 0.25) is 5.43 Å². The first kappa shape index (κ1) is 17.8. The maximum atomic E-state index is 13.2. The topological polar surface area (TPSA) is 55.8 Å². The summed E-state index contributed by atoms with van der Waals surface area (Å²) in [5, 5.41) is 0.582. The monoisotopic (exact) mass is 345 g/mol. The van der Waals surface area contributed by atoms with E-state index in [1.807, 2.05) is 13.0 Å². The van der Waals surface area contributed by atoms with E-state index in [-0.39, 0.29) is 5.43 Å². The molecule has 0 radical (unpaired) electrons. The van der Waals surface area contributed by atoms with Crippen molar-refractivity contribution in [2.75, 3.05) is 21.3 Å². The number of H-pyrrole nitrogens is 1. The molecule has 1 saturated carbocycles. The van der Waals surface area contributed by atoms with Gasteiger partial charge in [0.1, 0.15) is 18.0 Å². The molecule has 0 saturated heterocycles. The molecule has 5 nitrogen and oxygen atoms in total. The number of aryl methyl sites for hydroxylation is 1. The highest BCUT2D eigenvalue weighted by molar-refractivity contribution is 5.90. The van der Waals surface area contributed by atoms with Crippen LogP contribution in [0.2, 0.25) is 0 Å². The fourth-order valence-corrected chi connectivity index (χ4v) is 4.07. The van der Waals surface area contributed by atoms with Crippen LogP contribution in [0, 0.1) is 6.92 Å². The molecule has 1 aromatic carbocycles. The number of ether oxygens (including phenoxy) is 2. The number of rotatable bonds is 5. The summed E-state index contributed by atoms with van der Waals surface area (Å²) >= 11 is 0. The molecule has 1 aliphatic rings. The largest absolute Gasteiger partial charge is 0.496 e. The van der Waals surface area contributed by atoms with Crippen LogP contribution in [0.1, 0.15) is 43.4 Å². The molecule has 1 heterocycles. The average Bonchev–Trinajstić information content (AvgIpc) is 2.64. The van der Waals surface area contributed by atoms with E-state index in [1.165, 1.54) is 37.0 Å². The summed E-state index contributed by atoms with van der Waals surface area (Å²) < 4.78 is 10.9. The molecule has 2 N–H and O–H groups in total.